The number of rotatable bonds is 3. The number of benzene rings is 1. The van der Waals surface area contributed by atoms with Gasteiger partial charge in [0.15, 0.2) is 0 Å². The Morgan fingerprint density at radius 3 is 2.05 bits per heavy atom. The van der Waals surface area contributed by atoms with Gasteiger partial charge >= 0.3 is 0 Å². The largest absolute Gasteiger partial charge is 0.395 e. The van der Waals surface area contributed by atoms with Crippen LogP contribution in [0.4, 0.5) is 11.4 Å². The highest BCUT2D eigenvalue weighted by atomic mass is 16.6. The number of para-hydroxylation sites is 2. The molecule has 1 aliphatic rings. The molecule has 5 heteroatoms. The number of oxime groups is 1. The summed E-state index contributed by atoms with van der Waals surface area (Å²) in [7, 11) is 5.66. The molecule has 21 heavy (non-hydrogen) atoms. The van der Waals surface area contributed by atoms with Crippen LogP contribution >= 0.6 is 0 Å². The predicted octanol–water partition coefficient (Wildman–Crippen LogP) is 3.15. The van der Waals surface area contributed by atoms with E-state index in [-0.39, 0.29) is 0 Å². The zero-order valence-corrected chi connectivity index (χ0v) is 14.0. The van der Waals surface area contributed by atoms with E-state index in [1.807, 2.05) is 64.0 Å². The summed E-state index contributed by atoms with van der Waals surface area (Å²) in [5.74, 6) is 0. The minimum Gasteiger partial charge on any atom is -0.395 e. The number of hydrogen-bond acceptors (Lipinski definition) is 4. The number of carbonyl (C=O) groups is 1. The highest BCUT2D eigenvalue weighted by Gasteiger charge is 2.06. The number of hydrogen-bond donors (Lipinski definition) is 0. The Morgan fingerprint density at radius 1 is 1.14 bits per heavy atom. The first-order chi connectivity index (χ1) is 10.1. The SMILES string of the molecule is CC.CC1=NOCC1.CN(C)c1ccccc1N(C)C=O. The molecule has 0 spiro atoms. The lowest BCUT2D eigenvalue weighted by molar-refractivity contribution is -0.107. The van der Waals surface area contributed by atoms with E-state index < -0.39 is 0 Å². The zero-order valence-electron chi connectivity index (χ0n) is 14.0. The molecular formula is C16H27N3O2. The topological polar surface area (TPSA) is 45.1 Å². The molecule has 118 valence electrons. The van der Waals surface area contributed by atoms with Crippen LogP contribution in [0.3, 0.4) is 0 Å². The van der Waals surface area contributed by atoms with E-state index >= 15 is 0 Å². The normalized spacial score (nSPS) is 11.8. The molecule has 0 aliphatic carbocycles. The molecule has 0 saturated carbocycles. The fourth-order valence-corrected chi connectivity index (χ4v) is 1.59. The van der Waals surface area contributed by atoms with Crippen molar-refractivity contribution in [2.45, 2.75) is 27.2 Å². The smallest absolute Gasteiger partial charge is 0.213 e. The van der Waals surface area contributed by atoms with E-state index in [9.17, 15) is 4.79 Å². The lowest BCUT2D eigenvalue weighted by Crippen LogP contribution is -2.18. The van der Waals surface area contributed by atoms with Gasteiger partial charge in [-0.05, 0) is 19.1 Å². The Hall–Kier alpha value is -2.04. The molecular weight excluding hydrogens is 266 g/mol. The van der Waals surface area contributed by atoms with Crippen LogP contribution < -0.4 is 9.80 Å². The number of carbonyl (C=O) groups excluding carboxylic acids is 1. The molecule has 0 atom stereocenters. The van der Waals surface area contributed by atoms with Gasteiger partial charge in [0.05, 0.1) is 17.1 Å². The summed E-state index contributed by atoms with van der Waals surface area (Å²) in [5, 5.41) is 3.65. The van der Waals surface area contributed by atoms with Crippen LogP contribution in [0, 0.1) is 0 Å². The van der Waals surface area contributed by atoms with E-state index in [0.29, 0.717) is 0 Å². The van der Waals surface area contributed by atoms with Crippen molar-refractivity contribution >= 4 is 23.5 Å². The van der Waals surface area contributed by atoms with Gasteiger partial charge < -0.3 is 14.6 Å². The van der Waals surface area contributed by atoms with Crippen LogP contribution in [-0.4, -0.2) is 39.9 Å². The Balaban J connectivity index is 0.000000416. The monoisotopic (exact) mass is 293 g/mol. The molecule has 0 fully saturated rings. The first-order valence-corrected chi connectivity index (χ1v) is 7.16. The molecule has 0 saturated heterocycles. The first-order valence-electron chi connectivity index (χ1n) is 7.16. The first kappa shape index (κ1) is 19.0. The van der Waals surface area contributed by atoms with E-state index in [0.717, 1.165) is 36.5 Å². The molecule has 5 nitrogen and oxygen atoms in total. The maximum absolute atomic E-state index is 10.6. The summed E-state index contributed by atoms with van der Waals surface area (Å²) in [6.07, 6.45) is 1.82. The third-order valence-corrected chi connectivity index (χ3v) is 2.68. The molecule has 1 aliphatic heterocycles. The van der Waals surface area contributed by atoms with E-state index in [1.54, 1.807) is 11.9 Å². The van der Waals surface area contributed by atoms with Crippen LogP contribution in [-0.2, 0) is 9.63 Å². The van der Waals surface area contributed by atoms with Crippen molar-refractivity contribution < 1.29 is 9.63 Å². The standard InChI is InChI=1S/C10H14N2O.C4H7NO.C2H6/c1-11(2)9-6-4-5-7-10(9)12(3)8-13;1-4-2-3-6-5-4;1-2/h4-8H,1-3H3;2-3H2,1H3;1-2H3. The summed E-state index contributed by atoms with van der Waals surface area (Å²) in [6.45, 7) is 6.75. The highest BCUT2D eigenvalue weighted by Crippen LogP contribution is 2.25. The van der Waals surface area contributed by atoms with Gasteiger partial charge in [0.2, 0.25) is 6.41 Å². The molecule has 0 aromatic heterocycles. The Bertz CT molecular complexity index is 445. The molecule has 1 aromatic rings. The highest BCUT2D eigenvalue weighted by molar-refractivity contribution is 5.83. The number of anilines is 2. The molecule has 2 rings (SSSR count). The average molecular weight is 293 g/mol. The minimum absolute atomic E-state index is 0.784. The maximum atomic E-state index is 10.6. The number of amides is 1. The summed E-state index contributed by atoms with van der Waals surface area (Å²) in [6, 6.07) is 7.78. The summed E-state index contributed by atoms with van der Waals surface area (Å²) in [4.78, 5) is 18.8. The van der Waals surface area contributed by atoms with E-state index in [2.05, 4.69) is 9.99 Å². The van der Waals surface area contributed by atoms with Gasteiger partial charge in [-0.1, -0.05) is 31.1 Å². The molecule has 0 radical (unpaired) electrons. The van der Waals surface area contributed by atoms with Gasteiger partial charge in [0.25, 0.3) is 0 Å². The van der Waals surface area contributed by atoms with Crippen LogP contribution in [0.15, 0.2) is 29.4 Å². The van der Waals surface area contributed by atoms with Crippen molar-refractivity contribution in [3.8, 4) is 0 Å². The van der Waals surface area contributed by atoms with Gasteiger partial charge in [0, 0.05) is 27.6 Å². The molecule has 1 heterocycles. The lowest BCUT2D eigenvalue weighted by Gasteiger charge is -2.20. The van der Waals surface area contributed by atoms with Crippen molar-refractivity contribution in [1.29, 1.82) is 0 Å². The molecule has 0 bridgehead atoms. The number of nitrogens with zero attached hydrogens (tertiary/aromatic N) is 3. The quantitative estimate of drug-likeness (QED) is 0.804. The van der Waals surface area contributed by atoms with Crippen LogP contribution in [0.2, 0.25) is 0 Å². The van der Waals surface area contributed by atoms with Crippen LogP contribution in [0.5, 0.6) is 0 Å². The minimum atomic E-state index is 0.784. The van der Waals surface area contributed by atoms with Crippen molar-refractivity contribution in [2.24, 2.45) is 5.16 Å². The molecule has 1 amide bonds. The van der Waals surface area contributed by atoms with E-state index in [4.69, 9.17) is 0 Å². The van der Waals surface area contributed by atoms with Gasteiger partial charge in [-0.15, -0.1) is 0 Å². The van der Waals surface area contributed by atoms with Gasteiger partial charge in [0.1, 0.15) is 6.61 Å². The third-order valence-electron chi connectivity index (χ3n) is 2.68. The Kier molecular flexibility index (Phi) is 9.67. The second kappa shape index (κ2) is 10.7. The average Bonchev–Trinajstić information content (AvgIpc) is 3.00. The van der Waals surface area contributed by atoms with Crippen molar-refractivity contribution in [1.82, 2.24) is 0 Å². The second-order valence-electron chi connectivity index (χ2n) is 4.51. The van der Waals surface area contributed by atoms with E-state index in [1.165, 1.54) is 0 Å². The second-order valence-corrected chi connectivity index (χ2v) is 4.51. The zero-order chi connectivity index (χ0) is 16.3. The lowest BCUT2D eigenvalue weighted by atomic mass is 10.2. The Labute approximate surface area is 128 Å². The maximum Gasteiger partial charge on any atom is 0.213 e. The van der Waals surface area contributed by atoms with Gasteiger partial charge in [-0.3, -0.25) is 4.79 Å². The predicted molar refractivity (Wildman–Crippen MR) is 90.3 cm³/mol. The Morgan fingerprint density at radius 2 is 1.71 bits per heavy atom. The summed E-state index contributed by atoms with van der Waals surface area (Å²) < 4.78 is 0. The van der Waals surface area contributed by atoms with Gasteiger partial charge in [-0.25, -0.2) is 0 Å². The van der Waals surface area contributed by atoms with Crippen molar-refractivity contribution in [3.63, 3.8) is 0 Å². The molecule has 1 aromatic carbocycles. The summed E-state index contributed by atoms with van der Waals surface area (Å²) >= 11 is 0. The van der Waals surface area contributed by atoms with Gasteiger partial charge in [-0.2, -0.15) is 0 Å². The fourth-order valence-electron chi connectivity index (χ4n) is 1.59. The third kappa shape index (κ3) is 6.79. The fraction of sp³-hybridized carbons (Fsp3) is 0.500. The van der Waals surface area contributed by atoms with Crippen LogP contribution in [0.1, 0.15) is 27.2 Å². The van der Waals surface area contributed by atoms with Crippen molar-refractivity contribution in [2.75, 3.05) is 37.5 Å². The molecule has 0 N–H and O–H groups in total. The summed E-state index contributed by atoms with van der Waals surface area (Å²) in [5.41, 5.74) is 3.06. The van der Waals surface area contributed by atoms with Crippen LogP contribution in [0.25, 0.3) is 0 Å². The molecule has 0 unspecified atom stereocenters. The van der Waals surface area contributed by atoms with Crippen molar-refractivity contribution in [3.05, 3.63) is 24.3 Å².